The molecule has 0 saturated carbocycles. The predicted molar refractivity (Wildman–Crippen MR) is 114 cm³/mol. The Morgan fingerprint density at radius 2 is 1.31 bits per heavy atom. The molecule has 6 nitrogen and oxygen atoms in total. The summed E-state index contributed by atoms with van der Waals surface area (Å²) in [5.41, 5.74) is 1.51. The largest absolute Gasteiger partial charge is 0.487 e. The molecule has 0 unspecified atom stereocenters. The monoisotopic (exact) mass is 399 g/mol. The zero-order chi connectivity index (χ0) is 21.6. The summed E-state index contributed by atoms with van der Waals surface area (Å²) in [5, 5.41) is 2.82. The van der Waals surface area contributed by atoms with Crippen molar-refractivity contribution in [3.8, 4) is 17.2 Å². The van der Waals surface area contributed by atoms with E-state index in [4.69, 9.17) is 14.2 Å². The van der Waals surface area contributed by atoms with Crippen molar-refractivity contribution in [2.75, 3.05) is 5.32 Å². The van der Waals surface area contributed by atoms with E-state index >= 15 is 0 Å². The quantitative estimate of drug-likeness (QED) is 0.593. The number of aldehydes is 1. The molecule has 1 N–H and O–H groups in total. The predicted octanol–water partition coefficient (Wildman–Crippen LogP) is 5.11. The summed E-state index contributed by atoms with van der Waals surface area (Å²) < 4.78 is 17.8. The van der Waals surface area contributed by atoms with Gasteiger partial charge in [0, 0.05) is 16.8 Å². The van der Waals surface area contributed by atoms with Crippen molar-refractivity contribution in [2.24, 2.45) is 0 Å². The van der Waals surface area contributed by atoms with Gasteiger partial charge in [0.25, 0.3) is 5.91 Å². The average Bonchev–Trinajstić information content (AvgIpc) is 2.63. The summed E-state index contributed by atoms with van der Waals surface area (Å²) in [4.78, 5) is 23.6. The molecule has 6 heteroatoms. The van der Waals surface area contributed by atoms with E-state index in [-0.39, 0.29) is 24.2 Å². The van der Waals surface area contributed by atoms with Crippen LogP contribution < -0.4 is 19.5 Å². The van der Waals surface area contributed by atoms with Crippen molar-refractivity contribution in [1.82, 2.24) is 0 Å². The Morgan fingerprint density at radius 3 is 1.72 bits per heavy atom. The molecule has 2 rings (SSSR count). The minimum atomic E-state index is -0.317. The third-order valence-corrected chi connectivity index (χ3v) is 3.67. The van der Waals surface area contributed by atoms with Crippen molar-refractivity contribution in [1.29, 1.82) is 0 Å². The lowest BCUT2D eigenvalue weighted by Gasteiger charge is -2.22. The second-order valence-electron chi connectivity index (χ2n) is 7.50. The number of ether oxygens (including phenoxy) is 3. The molecule has 156 valence electrons. The summed E-state index contributed by atoms with van der Waals surface area (Å²) in [7, 11) is 0. The van der Waals surface area contributed by atoms with Crippen LogP contribution in [0.4, 0.5) is 5.69 Å². The van der Waals surface area contributed by atoms with Crippen LogP contribution in [0.25, 0.3) is 0 Å². The fourth-order valence-corrected chi connectivity index (χ4v) is 2.59. The van der Waals surface area contributed by atoms with Crippen LogP contribution in [0.3, 0.4) is 0 Å². The van der Waals surface area contributed by atoms with E-state index in [9.17, 15) is 9.59 Å². The van der Waals surface area contributed by atoms with Crippen LogP contribution in [0.2, 0.25) is 0 Å². The molecular formula is C23H29NO5. The van der Waals surface area contributed by atoms with Crippen LogP contribution in [0.5, 0.6) is 17.2 Å². The van der Waals surface area contributed by atoms with Gasteiger partial charge in [0.2, 0.25) is 5.75 Å². The van der Waals surface area contributed by atoms with Crippen molar-refractivity contribution in [3.63, 3.8) is 0 Å². The standard InChI is InChI=1S/C23H29NO5/c1-14(2)27-20-11-18(12-21(28-15(3)4)22(20)29-16(5)6)23(26)24-19-9-7-17(13-25)8-10-19/h7-16H,1-6H3,(H,24,26). The lowest BCUT2D eigenvalue weighted by atomic mass is 10.1. The van der Waals surface area contributed by atoms with E-state index in [1.165, 1.54) is 0 Å². The van der Waals surface area contributed by atoms with Crippen molar-refractivity contribution >= 4 is 17.9 Å². The van der Waals surface area contributed by atoms with Gasteiger partial charge in [-0.1, -0.05) is 0 Å². The normalized spacial score (nSPS) is 10.9. The van der Waals surface area contributed by atoms with Gasteiger partial charge in [0.05, 0.1) is 18.3 Å². The first kappa shape index (κ1) is 22.3. The Labute approximate surface area is 172 Å². The maximum Gasteiger partial charge on any atom is 0.255 e. The van der Waals surface area contributed by atoms with Crippen molar-refractivity contribution in [2.45, 2.75) is 59.9 Å². The SMILES string of the molecule is CC(C)Oc1cc(C(=O)Nc2ccc(C=O)cc2)cc(OC(C)C)c1OC(C)C. The summed E-state index contributed by atoms with van der Waals surface area (Å²) in [6.07, 6.45) is 0.454. The van der Waals surface area contributed by atoms with Crippen molar-refractivity contribution < 1.29 is 23.8 Å². The van der Waals surface area contributed by atoms with Gasteiger partial charge in [-0.05, 0) is 77.9 Å². The number of carbonyl (C=O) groups excluding carboxylic acids is 2. The second kappa shape index (κ2) is 9.96. The zero-order valence-corrected chi connectivity index (χ0v) is 17.8. The third kappa shape index (κ3) is 6.52. The Kier molecular flexibility index (Phi) is 7.65. The van der Waals surface area contributed by atoms with E-state index in [1.54, 1.807) is 36.4 Å². The minimum Gasteiger partial charge on any atom is -0.487 e. The number of amides is 1. The van der Waals surface area contributed by atoms with Gasteiger partial charge in [0.1, 0.15) is 6.29 Å². The molecule has 0 aliphatic rings. The first-order chi connectivity index (χ1) is 13.7. The van der Waals surface area contributed by atoms with Gasteiger partial charge in [-0.3, -0.25) is 9.59 Å². The smallest absolute Gasteiger partial charge is 0.255 e. The van der Waals surface area contributed by atoms with Crippen molar-refractivity contribution in [3.05, 3.63) is 47.5 Å². The number of nitrogens with one attached hydrogen (secondary N) is 1. The number of hydrogen-bond donors (Lipinski definition) is 1. The molecule has 0 atom stereocenters. The summed E-state index contributed by atoms with van der Waals surface area (Å²) in [6.45, 7) is 11.5. The van der Waals surface area contributed by atoms with Gasteiger partial charge < -0.3 is 19.5 Å². The highest BCUT2D eigenvalue weighted by atomic mass is 16.6. The lowest BCUT2D eigenvalue weighted by Crippen LogP contribution is -2.17. The highest BCUT2D eigenvalue weighted by Gasteiger charge is 2.21. The first-order valence-electron chi connectivity index (χ1n) is 9.74. The lowest BCUT2D eigenvalue weighted by molar-refractivity contribution is 0.102. The summed E-state index contributed by atoms with van der Waals surface area (Å²) in [5.74, 6) is 1.07. The molecule has 0 fully saturated rings. The molecule has 1 amide bonds. The molecule has 0 radical (unpaired) electrons. The number of carbonyl (C=O) groups is 2. The second-order valence-corrected chi connectivity index (χ2v) is 7.50. The Morgan fingerprint density at radius 1 is 0.828 bits per heavy atom. The molecule has 0 aliphatic carbocycles. The number of benzene rings is 2. The van der Waals surface area contributed by atoms with Gasteiger partial charge >= 0.3 is 0 Å². The fraction of sp³-hybridized carbons (Fsp3) is 0.391. The number of hydrogen-bond acceptors (Lipinski definition) is 5. The molecule has 2 aromatic rings. The molecule has 2 aromatic carbocycles. The van der Waals surface area contributed by atoms with Crippen LogP contribution in [-0.4, -0.2) is 30.5 Å². The van der Waals surface area contributed by atoms with Crippen LogP contribution >= 0.6 is 0 Å². The van der Waals surface area contributed by atoms with E-state index in [1.807, 2.05) is 41.5 Å². The molecule has 29 heavy (non-hydrogen) atoms. The maximum atomic E-state index is 12.8. The van der Waals surface area contributed by atoms with E-state index in [0.717, 1.165) is 6.29 Å². The minimum absolute atomic E-state index is 0.0879. The number of rotatable bonds is 9. The van der Waals surface area contributed by atoms with E-state index in [2.05, 4.69) is 5.32 Å². The average molecular weight is 399 g/mol. The van der Waals surface area contributed by atoms with Crippen LogP contribution in [0, 0.1) is 0 Å². The molecule has 0 spiro atoms. The van der Waals surface area contributed by atoms with E-state index in [0.29, 0.717) is 34.1 Å². The van der Waals surface area contributed by atoms with Crippen LogP contribution in [0.15, 0.2) is 36.4 Å². The summed E-state index contributed by atoms with van der Waals surface area (Å²) in [6, 6.07) is 9.94. The van der Waals surface area contributed by atoms with Gasteiger partial charge in [-0.15, -0.1) is 0 Å². The highest BCUT2D eigenvalue weighted by molar-refractivity contribution is 6.05. The Bertz CT molecular complexity index is 810. The molecule has 0 aromatic heterocycles. The Balaban J connectivity index is 2.42. The topological polar surface area (TPSA) is 73.9 Å². The molecule has 0 saturated heterocycles. The molecular weight excluding hydrogens is 370 g/mol. The van der Waals surface area contributed by atoms with E-state index < -0.39 is 0 Å². The third-order valence-electron chi connectivity index (χ3n) is 3.67. The van der Waals surface area contributed by atoms with Gasteiger partial charge in [-0.2, -0.15) is 0 Å². The van der Waals surface area contributed by atoms with Crippen LogP contribution in [-0.2, 0) is 0 Å². The van der Waals surface area contributed by atoms with Crippen LogP contribution in [0.1, 0.15) is 62.3 Å². The number of anilines is 1. The molecule has 0 bridgehead atoms. The fourth-order valence-electron chi connectivity index (χ4n) is 2.59. The summed E-state index contributed by atoms with van der Waals surface area (Å²) >= 11 is 0. The molecule has 0 aliphatic heterocycles. The van der Waals surface area contributed by atoms with Gasteiger partial charge in [0.15, 0.2) is 11.5 Å². The molecule has 0 heterocycles. The zero-order valence-electron chi connectivity index (χ0n) is 17.8. The highest BCUT2D eigenvalue weighted by Crippen LogP contribution is 2.41. The first-order valence-corrected chi connectivity index (χ1v) is 9.74. The maximum absolute atomic E-state index is 12.8. The Hall–Kier alpha value is -3.02. The van der Waals surface area contributed by atoms with Gasteiger partial charge in [-0.25, -0.2) is 0 Å².